The lowest BCUT2D eigenvalue weighted by atomic mass is 9.85. The van der Waals surface area contributed by atoms with Crippen molar-refractivity contribution < 1.29 is 9.53 Å². The Labute approximate surface area is 168 Å². The van der Waals surface area contributed by atoms with E-state index in [-0.39, 0.29) is 12.6 Å². The lowest BCUT2D eigenvalue weighted by Crippen LogP contribution is -2.19. The summed E-state index contributed by atoms with van der Waals surface area (Å²) in [4.78, 5) is 20.2. The molecule has 142 valence electrons. The zero-order chi connectivity index (χ0) is 19.1. The lowest BCUT2D eigenvalue weighted by Gasteiger charge is -2.24. The number of hydrogen-bond acceptors (Lipinski definition) is 5. The first-order valence-corrected chi connectivity index (χ1v) is 9.67. The Morgan fingerprint density at radius 1 is 1.15 bits per heavy atom. The molecule has 1 saturated carbocycles. The first-order valence-electron chi connectivity index (χ1n) is 8.91. The summed E-state index contributed by atoms with van der Waals surface area (Å²) in [5.74, 6) is 0.847. The van der Waals surface area contributed by atoms with Gasteiger partial charge in [0.15, 0.2) is 11.0 Å². The lowest BCUT2D eigenvalue weighted by molar-refractivity contribution is -0.139. The van der Waals surface area contributed by atoms with Crippen molar-refractivity contribution >= 4 is 35.0 Å². The van der Waals surface area contributed by atoms with Gasteiger partial charge in [0, 0.05) is 30.0 Å². The largest absolute Gasteiger partial charge is 0.458 e. The quantitative estimate of drug-likeness (QED) is 0.537. The van der Waals surface area contributed by atoms with Crippen LogP contribution in [-0.2, 0) is 16.1 Å². The van der Waals surface area contributed by atoms with Crippen molar-refractivity contribution in [2.45, 2.75) is 32.3 Å². The van der Waals surface area contributed by atoms with Crippen LogP contribution in [0.2, 0.25) is 10.2 Å². The van der Waals surface area contributed by atoms with Crippen molar-refractivity contribution in [3.05, 3.63) is 64.0 Å². The van der Waals surface area contributed by atoms with Gasteiger partial charge in [0.1, 0.15) is 6.61 Å². The van der Waals surface area contributed by atoms with Gasteiger partial charge in [0.25, 0.3) is 0 Å². The molecule has 0 radical (unpaired) electrons. The summed E-state index contributed by atoms with van der Waals surface area (Å²) in [6.07, 6.45) is 8.65. The first-order chi connectivity index (χ1) is 13.1. The van der Waals surface area contributed by atoms with Gasteiger partial charge in [-0.3, -0.25) is 0 Å². The number of hydrogen-bond donors (Lipinski definition) is 1. The number of nitrogens with one attached hydrogen (secondary N) is 1. The molecule has 0 saturated heterocycles. The van der Waals surface area contributed by atoms with E-state index in [4.69, 9.17) is 27.9 Å². The maximum absolute atomic E-state index is 12.0. The van der Waals surface area contributed by atoms with E-state index in [1.165, 1.54) is 0 Å². The van der Waals surface area contributed by atoms with Gasteiger partial charge in [0.2, 0.25) is 0 Å². The molecule has 1 aliphatic carbocycles. The predicted molar refractivity (Wildman–Crippen MR) is 107 cm³/mol. The molecule has 1 aromatic heterocycles. The van der Waals surface area contributed by atoms with E-state index in [1.54, 1.807) is 30.6 Å². The number of anilines is 1. The maximum atomic E-state index is 12.0. The van der Waals surface area contributed by atoms with E-state index in [0.29, 0.717) is 21.9 Å². The number of ether oxygens (including phenoxy) is 1. The SMILES string of the molecule is O=C(C=C1CCC(CNc2nccnc2Cl)CC1)OCc1ccc(Cl)cc1. The number of allylic oxidation sites excluding steroid dienone is 1. The molecule has 0 spiro atoms. The molecule has 0 aliphatic heterocycles. The fourth-order valence-electron chi connectivity index (χ4n) is 3.02. The highest BCUT2D eigenvalue weighted by Gasteiger charge is 2.18. The van der Waals surface area contributed by atoms with Crippen LogP contribution in [-0.4, -0.2) is 22.5 Å². The summed E-state index contributed by atoms with van der Waals surface area (Å²) < 4.78 is 5.32. The second-order valence-corrected chi connectivity index (χ2v) is 7.35. The van der Waals surface area contributed by atoms with Crippen LogP contribution in [0.1, 0.15) is 31.2 Å². The van der Waals surface area contributed by atoms with E-state index in [9.17, 15) is 4.79 Å². The molecule has 2 aromatic rings. The molecular weight excluding hydrogens is 385 g/mol. The number of benzene rings is 1. The molecule has 0 atom stereocenters. The Balaban J connectivity index is 1.40. The van der Waals surface area contributed by atoms with Gasteiger partial charge < -0.3 is 10.1 Å². The van der Waals surface area contributed by atoms with E-state index in [1.807, 2.05) is 12.1 Å². The normalized spacial score (nSPS) is 16.7. The average molecular weight is 406 g/mol. The summed E-state index contributed by atoms with van der Waals surface area (Å²) in [5.41, 5.74) is 2.06. The minimum atomic E-state index is -0.289. The summed E-state index contributed by atoms with van der Waals surface area (Å²) in [5, 5.41) is 4.31. The first kappa shape index (κ1) is 19.6. The van der Waals surface area contributed by atoms with Crippen molar-refractivity contribution in [2.24, 2.45) is 5.92 Å². The Kier molecular flexibility index (Phi) is 7.07. The molecule has 5 nitrogen and oxygen atoms in total. The third kappa shape index (κ3) is 6.22. The third-order valence-corrected chi connectivity index (χ3v) is 5.10. The number of carbonyl (C=O) groups excluding carboxylic acids is 1. The van der Waals surface area contributed by atoms with E-state index >= 15 is 0 Å². The molecule has 1 fully saturated rings. The second-order valence-electron chi connectivity index (χ2n) is 6.56. The van der Waals surface area contributed by atoms with Gasteiger partial charge >= 0.3 is 5.97 Å². The molecule has 1 heterocycles. The van der Waals surface area contributed by atoms with Gasteiger partial charge in [-0.1, -0.05) is 40.9 Å². The Morgan fingerprint density at radius 3 is 2.56 bits per heavy atom. The Bertz CT molecular complexity index is 799. The molecule has 1 N–H and O–H groups in total. The molecule has 0 amide bonds. The van der Waals surface area contributed by atoms with Crippen molar-refractivity contribution in [3.63, 3.8) is 0 Å². The van der Waals surface area contributed by atoms with Crippen LogP contribution in [0.3, 0.4) is 0 Å². The van der Waals surface area contributed by atoms with Gasteiger partial charge in [-0.25, -0.2) is 14.8 Å². The maximum Gasteiger partial charge on any atom is 0.331 e. The highest BCUT2D eigenvalue weighted by atomic mass is 35.5. The van der Waals surface area contributed by atoms with Gasteiger partial charge in [-0.15, -0.1) is 0 Å². The monoisotopic (exact) mass is 405 g/mol. The van der Waals surface area contributed by atoms with Crippen LogP contribution in [0.4, 0.5) is 5.82 Å². The average Bonchev–Trinajstić information content (AvgIpc) is 2.68. The Morgan fingerprint density at radius 2 is 1.85 bits per heavy atom. The molecule has 27 heavy (non-hydrogen) atoms. The number of aromatic nitrogens is 2. The Hall–Kier alpha value is -2.11. The molecular formula is C20H21Cl2N3O2. The summed E-state index contributed by atoms with van der Waals surface area (Å²) in [7, 11) is 0. The fraction of sp³-hybridized carbons (Fsp3) is 0.350. The summed E-state index contributed by atoms with van der Waals surface area (Å²) in [6, 6.07) is 7.27. The zero-order valence-corrected chi connectivity index (χ0v) is 16.3. The molecule has 0 bridgehead atoms. The van der Waals surface area contributed by atoms with Crippen LogP contribution < -0.4 is 5.32 Å². The van der Waals surface area contributed by atoms with Crippen LogP contribution in [0.15, 0.2) is 48.3 Å². The van der Waals surface area contributed by atoms with Crippen molar-refractivity contribution in [1.29, 1.82) is 0 Å². The summed E-state index contributed by atoms with van der Waals surface area (Å²) in [6.45, 7) is 1.05. The van der Waals surface area contributed by atoms with Crippen molar-refractivity contribution in [3.8, 4) is 0 Å². The molecule has 7 heteroatoms. The minimum absolute atomic E-state index is 0.255. The highest BCUT2D eigenvalue weighted by Crippen LogP contribution is 2.29. The van der Waals surface area contributed by atoms with Gasteiger partial charge in [-0.05, 0) is 49.3 Å². The van der Waals surface area contributed by atoms with Crippen LogP contribution in [0.5, 0.6) is 0 Å². The zero-order valence-electron chi connectivity index (χ0n) is 14.8. The van der Waals surface area contributed by atoms with E-state index in [0.717, 1.165) is 43.4 Å². The fourth-order valence-corrected chi connectivity index (χ4v) is 3.32. The van der Waals surface area contributed by atoms with Crippen LogP contribution in [0, 0.1) is 5.92 Å². The molecule has 3 rings (SSSR count). The number of esters is 1. The smallest absolute Gasteiger partial charge is 0.331 e. The third-order valence-electron chi connectivity index (χ3n) is 4.58. The van der Waals surface area contributed by atoms with Crippen LogP contribution >= 0.6 is 23.2 Å². The second kappa shape index (κ2) is 9.72. The number of nitrogens with zero attached hydrogens (tertiary/aromatic N) is 2. The molecule has 1 aromatic carbocycles. The topological polar surface area (TPSA) is 64.1 Å². The summed E-state index contributed by atoms with van der Waals surface area (Å²) >= 11 is 11.8. The van der Waals surface area contributed by atoms with Crippen LogP contribution in [0.25, 0.3) is 0 Å². The highest BCUT2D eigenvalue weighted by molar-refractivity contribution is 6.31. The molecule has 0 unspecified atom stereocenters. The van der Waals surface area contributed by atoms with Gasteiger partial charge in [-0.2, -0.15) is 0 Å². The van der Waals surface area contributed by atoms with E-state index in [2.05, 4.69) is 15.3 Å². The number of carbonyl (C=O) groups is 1. The minimum Gasteiger partial charge on any atom is -0.458 e. The number of halogens is 2. The molecule has 1 aliphatic rings. The van der Waals surface area contributed by atoms with Crippen molar-refractivity contribution in [1.82, 2.24) is 9.97 Å². The standard InChI is InChI=1S/C20H21Cl2N3O2/c21-17-7-5-16(6-8-17)13-27-18(26)11-14-1-3-15(4-2-14)12-25-20-19(22)23-9-10-24-20/h5-11,15H,1-4,12-13H2,(H,24,25). The number of rotatable bonds is 6. The van der Waals surface area contributed by atoms with Gasteiger partial charge in [0.05, 0.1) is 0 Å². The van der Waals surface area contributed by atoms with Crippen molar-refractivity contribution in [2.75, 3.05) is 11.9 Å². The predicted octanol–water partition coefficient (Wildman–Crippen LogP) is 5.06. The van der Waals surface area contributed by atoms with E-state index < -0.39 is 0 Å².